The second-order valence-corrected chi connectivity index (χ2v) is 6.08. The highest BCUT2D eigenvalue weighted by Crippen LogP contribution is 2.19. The molecule has 3 amide bonds. The molecule has 114 valence electrons. The lowest BCUT2D eigenvalue weighted by molar-refractivity contribution is -0.142. The minimum absolute atomic E-state index is 0.0110. The van der Waals surface area contributed by atoms with Crippen molar-refractivity contribution in [1.82, 2.24) is 15.1 Å². The van der Waals surface area contributed by atoms with E-state index in [4.69, 9.17) is 0 Å². The van der Waals surface area contributed by atoms with Gasteiger partial charge in [-0.1, -0.05) is 20.8 Å². The van der Waals surface area contributed by atoms with E-state index >= 15 is 0 Å². The van der Waals surface area contributed by atoms with Crippen LogP contribution in [-0.4, -0.2) is 65.0 Å². The van der Waals surface area contributed by atoms with Gasteiger partial charge in [-0.25, -0.2) is 9.59 Å². The average molecular weight is 285 g/mol. The molecule has 0 aromatic carbocycles. The van der Waals surface area contributed by atoms with Gasteiger partial charge in [0.05, 0.1) is 0 Å². The fourth-order valence-electron chi connectivity index (χ4n) is 2.09. The lowest BCUT2D eigenvalue weighted by atomic mass is 9.87. The normalized spacial score (nSPS) is 17.6. The number of amides is 3. The van der Waals surface area contributed by atoms with Gasteiger partial charge in [0.2, 0.25) is 5.91 Å². The zero-order valence-electron chi connectivity index (χ0n) is 12.5. The molecule has 0 aromatic rings. The van der Waals surface area contributed by atoms with Gasteiger partial charge in [-0.05, 0) is 5.41 Å². The van der Waals surface area contributed by atoms with Gasteiger partial charge in [0.15, 0.2) is 0 Å². The molecule has 0 spiro atoms. The number of hydrogen-bond acceptors (Lipinski definition) is 3. The van der Waals surface area contributed by atoms with Crippen LogP contribution < -0.4 is 5.32 Å². The molecule has 0 aliphatic carbocycles. The molecule has 1 aliphatic rings. The Morgan fingerprint density at radius 3 is 1.85 bits per heavy atom. The molecule has 1 saturated heterocycles. The third-order valence-corrected chi connectivity index (χ3v) is 3.39. The Balaban J connectivity index is 2.59. The number of carbonyl (C=O) groups excluding carboxylic acids is 2. The van der Waals surface area contributed by atoms with Crippen molar-refractivity contribution in [2.45, 2.75) is 33.7 Å². The number of piperazine rings is 1. The lowest BCUT2D eigenvalue weighted by Crippen LogP contribution is -2.57. The van der Waals surface area contributed by atoms with E-state index in [1.54, 1.807) is 30.6 Å². The van der Waals surface area contributed by atoms with Gasteiger partial charge in [-0.3, -0.25) is 4.79 Å². The average Bonchev–Trinajstić information content (AvgIpc) is 2.33. The van der Waals surface area contributed by atoms with Gasteiger partial charge < -0.3 is 20.2 Å². The van der Waals surface area contributed by atoms with E-state index < -0.39 is 23.5 Å². The quantitative estimate of drug-likeness (QED) is 0.766. The molecule has 0 aromatic heterocycles. The third kappa shape index (κ3) is 4.11. The van der Waals surface area contributed by atoms with Crippen LogP contribution in [0.25, 0.3) is 0 Å². The van der Waals surface area contributed by atoms with Gasteiger partial charge in [-0.15, -0.1) is 0 Å². The highest BCUT2D eigenvalue weighted by atomic mass is 16.4. The Bertz CT molecular complexity index is 395. The number of nitrogens with one attached hydrogen (secondary N) is 1. The molecular weight excluding hydrogens is 262 g/mol. The van der Waals surface area contributed by atoms with Crippen molar-refractivity contribution in [3.63, 3.8) is 0 Å². The largest absolute Gasteiger partial charge is 0.480 e. The summed E-state index contributed by atoms with van der Waals surface area (Å²) < 4.78 is 0. The van der Waals surface area contributed by atoms with Gasteiger partial charge in [0.25, 0.3) is 0 Å². The molecule has 1 aliphatic heterocycles. The molecule has 1 fully saturated rings. The summed E-state index contributed by atoms with van der Waals surface area (Å²) in [5.74, 6) is -1.06. The fraction of sp³-hybridized carbons (Fsp3) is 0.769. The van der Waals surface area contributed by atoms with Crippen molar-refractivity contribution in [1.29, 1.82) is 0 Å². The van der Waals surface area contributed by atoms with Crippen LogP contribution in [0.5, 0.6) is 0 Å². The SMILES string of the molecule is CC(=O)N1CCN(C(=O)N[C@@H](C(=O)O)C(C)(C)C)CC1. The van der Waals surface area contributed by atoms with E-state index in [1.165, 1.54) is 6.92 Å². The number of nitrogens with zero attached hydrogens (tertiary/aromatic N) is 2. The van der Waals surface area contributed by atoms with Crippen molar-refractivity contribution < 1.29 is 19.5 Å². The first kappa shape index (κ1) is 16.3. The molecule has 20 heavy (non-hydrogen) atoms. The summed E-state index contributed by atoms with van der Waals surface area (Å²) in [7, 11) is 0. The van der Waals surface area contributed by atoms with Crippen molar-refractivity contribution in [3.8, 4) is 0 Å². The molecule has 2 N–H and O–H groups in total. The Morgan fingerprint density at radius 2 is 1.50 bits per heavy atom. The van der Waals surface area contributed by atoms with Crippen LogP contribution in [-0.2, 0) is 9.59 Å². The summed E-state index contributed by atoms with van der Waals surface area (Å²) >= 11 is 0. The van der Waals surface area contributed by atoms with Crippen molar-refractivity contribution >= 4 is 17.9 Å². The Hall–Kier alpha value is -1.79. The van der Waals surface area contributed by atoms with E-state index in [-0.39, 0.29) is 5.91 Å². The standard InChI is InChI=1S/C13H23N3O4/c1-9(17)15-5-7-16(8-6-15)12(20)14-10(11(18)19)13(2,3)4/h10H,5-8H2,1-4H3,(H,14,20)(H,18,19)/t10-/m0/s1. The van der Waals surface area contributed by atoms with E-state index in [1.807, 2.05) is 0 Å². The molecular formula is C13H23N3O4. The lowest BCUT2D eigenvalue weighted by Gasteiger charge is -2.36. The maximum absolute atomic E-state index is 12.1. The predicted molar refractivity (Wildman–Crippen MR) is 73.2 cm³/mol. The number of carboxylic acid groups (broad SMARTS) is 1. The van der Waals surface area contributed by atoms with E-state index in [0.717, 1.165) is 0 Å². The molecule has 1 rings (SSSR count). The topological polar surface area (TPSA) is 90.0 Å². The Kier molecular flexibility index (Phi) is 4.97. The highest BCUT2D eigenvalue weighted by Gasteiger charge is 2.34. The Labute approximate surface area is 118 Å². The molecule has 1 heterocycles. The number of aliphatic carboxylic acids is 1. The van der Waals surface area contributed by atoms with Crippen molar-refractivity contribution in [3.05, 3.63) is 0 Å². The Morgan fingerprint density at radius 1 is 1.05 bits per heavy atom. The molecule has 0 saturated carbocycles. The molecule has 1 atom stereocenters. The van der Waals surface area contributed by atoms with E-state index in [9.17, 15) is 19.5 Å². The second-order valence-electron chi connectivity index (χ2n) is 6.08. The summed E-state index contributed by atoms with van der Waals surface area (Å²) in [6.45, 7) is 8.59. The zero-order chi connectivity index (χ0) is 15.5. The first-order chi connectivity index (χ1) is 9.12. The van der Waals surface area contributed by atoms with Crippen LogP contribution >= 0.6 is 0 Å². The van der Waals surface area contributed by atoms with Crippen LogP contribution in [0.3, 0.4) is 0 Å². The number of carbonyl (C=O) groups is 3. The first-order valence-corrected chi connectivity index (χ1v) is 6.66. The number of rotatable bonds is 2. The van der Waals surface area contributed by atoms with Crippen LogP contribution in [0.4, 0.5) is 4.79 Å². The van der Waals surface area contributed by atoms with Crippen LogP contribution in [0, 0.1) is 5.41 Å². The van der Waals surface area contributed by atoms with E-state index in [0.29, 0.717) is 26.2 Å². The van der Waals surface area contributed by atoms with Crippen LogP contribution in [0.2, 0.25) is 0 Å². The molecule has 0 unspecified atom stereocenters. The summed E-state index contributed by atoms with van der Waals surface area (Å²) in [6, 6.07) is -1.34. The van der Waals surface area contributed by atoms with Gasteiger partial charge >= 0.3 is 12.0 Å². The fourth-order valence-corrected chi connectivity index (χ4v) is 2.09. The maximum atomic E-state index is 12.1. The maximum Gasteiger partial charge on any atom is 0.326 e. The minimum atomic E-state index is -1.05. The van der Waals surface area contributed by atoms with Gasteiger partial charge in [0.1, 0.15) is 6.04 Å². The summed E-state index contributed by atoms with van der Waals surface area (Å²) in [5, 5.41) is 11.7. The number of carboxylic acids is 1. The predicted octanol–water partition coefficient (Wildman–Crippen LogP) is 0.359. The number of urea groups is 1. The zero-order valence-corrected chi connectivity index (χ0v) is 12.5. The van der Waals surface area contributed by atoms with Crippen LogP contribution in [0.15, 0.2) is 0 Å². The summed E-state index contributed by atoms with van der Waals surface area (Å²) in [4.78, 5) is 37.7. The molecule has 7 heteroatoms. The highest BCUT2D eigenvalue weighted by molar-refractivity contribution is 5.83. The third-order valence-electron chi connectivity index (χ3n) is 3.39. The monoisotopic (exact) mass is 285 g/mol. The summed E-state index contributed by atoms with van der Waals surface area (Å²) in [5.41, 5.74) is -0.567. The van der Waals surface area contributed by atoms with E-state index in [2.05, 4.69) is 5.32 Å². The van der Waals surface area contributed by atoms with Crippen molar-refractivity contribution in [2.75, 3.05) is 26.2 Å². The van der Waals surface area contributed by atoms with Gasteiger partial charge in [-0.2, -0.15) is 0 Å². The first-order valence-electron chi connectivity index (χ1n) is 6.66. The second kappa shape index (κ2) is 6.11. The smallest absolute Gasteiger partial charge is 0.326 e. The number of hydrogen-bond donors (Lipinski definition) is 2. The van der Waals surface area contributed by atoms with Crippen molar-refractivity contribution in [2.24, 2.45) is 5.41 Å². The molecule has 0 radical (unpaired) electrons. The molecule has 7 nitrogen and oxygen atoms in total. The summed E-state index contributed by atoms with van der Waals surface area (Å²) in [6.07, 6.45) is 0. The van der Waals surface area contributed by atoms with Gasteiger partial charge in [0, 0.05) is 33.1 Å². The minimum Gasteiger partial charge on any atom is -0.480 e. The molecule has 0 bridgehead atoms. The van der Waals surface area contributed by atoms with Crippen LogP contribution in [0.1, 0.15) is 27.7 Å².